The van der Waals surface area contributed by atoms with Crippen LogP contribution in [0.25, 0.3) is 0 Å². The highest BCUT2D eigenvalue weighted by Crippen LogP contribution is 2.22. The van der Waals surface area contributed by atoms with Crippen molar-refractivity contribution in [1.82, 2.24) is 4.90 Å². The van der Waals surface area contributed by atoms with Crippen LogP contribution < -0.4 is 0 Å². The van der Waals surface area contributed by atoms with Crippen LogP contribution in [0.4, 0.5) is 4.39 Å². The summed E-state index contributed by atoms with van der Waals surface area (Å²) < 4.78 is 18.7. The Morgan fingerprint density at radius 3 is 2.81 bits per heavy atom. The molecular weight excluding hydrogens is 209 g/mol. The number of halogens is 1. The van der Waals surface area contributed by atoms with Gasteiger partial charge in [-0.1, -0.05) is 0 Å². The zero-order valence-electron chi connectivity index (χ0n) is 10.4. The molecule has 0 aromatic carbocycles. The third-order valence-corrected chi connectivity index (χ3v) is 2.98. The molecule has 0 aliphatic carbocycles. The van der Waals surface area contributed by atoms with E-state index in [4.69, 9.17) is 4.74 Å². The first kappa shape index (κ1) is 13.6. The summed E-state index contributed by atoms with van der Waals surface area (Å²) in [5.74, 6) is 0.135. The minimum atomic E-state index is -0.733. The second kappa shape index (κ2) is 6.30. The van der Waals surface area contributed by atoms with Crippen molar-refractivity contribution in [3.05, 3.63) is 0 Å². The largest absolute Gasteiger partial charge is 0.379 e. The van der Waals surface area contributed by atoms with E-state index in [1.54, 1.807) is 6.92 Å². The molecule has 1 rings (SSSR count). The van der Waals surface area contributed by atoms with Crippen molar-refractivity contribution in [2.45, 2.75) is 51.9 Å². The minimum Gasteiger partial charge on any atom is -0.379 e. The molecule has 2 atom stereocenters. The molecule has 0 radical (unpaired) electrons. The Hall–Kier alpha value is -0.480. The zero-order valence-corrected chi connectivity index (χ0v) is 10.4. The van der Waals surface area contributed by atoms with E-state index < -0.39 is 6.17 Å². The fourth-order valence-electron chi connectivity index (χ4n) is 2.11. The molecule has 16 heavy (non-hydrogen) atoms. The predicted octanol–water partition coefficient (Wildman–Crippen LogP) is 1.80. The Morgan fingerprint density at radius 2 is 2.25 bits per heavy atom. The van der Waals surface area contributed by atoms with Crippen LogP contribution in [0.15, 0.2) is 0 Å². The molecule has 94 valence electrons. The number of nitrogens with zero attached hydrogens (tertiary/aromatic N) is 1. The van der Waals surface area contributed by atoms with Crippen LogP contribution in [-0.2, 0) is 9.53 Å². The Bertz CT molecular complexity index is 233. The summed E-state index contributed by atoms with van der Waals surface area (Å²) in [5.41, 5.74) is 0. The van der Waals surface area contributed by atoms with Gasteiger partial charge in [0.1, 0.15) is 12.0 Å². The molecule has 0 saturated carbocycles. The molecule has 1 fully saturated rings. The zero-order chi connectivity index (χ0) is 12.1. The Kier molecular flexibility index (Phi) is 5.35. The van der Waals surface area contributed by atoms with Crippen LogP contribution in [0.3, 0.4) is 0 Å². The van der Waals surface area contributed by atoms with Crippen molar-refractivity contribution in [1.29, 1.82) is 0 Å². The van der Waals surface area contributed by atoms with Gasteiger partial charge in [-0.05, 0) is 27.2 Å². The Balaban J connectivity index is 2.26. The first-order chi connectivity index (χ1) is 7.50. The average molecular weight is 231 g/mol. The van der Waals surface area contributed by atoms with E-state index in [0.717, 1.165) is 0 Å². The summed E-state index contributed by atoms with van der Waals surface area (Å²) in [6.45, 7) is 7.19. The number of ketones is 1. The van der Waals surface area contributed by atoms with E-state index in [1.807, 2.05) is 0 Å². The van der Waals surface area contributed by atoms with Gasteiger partial charge in [-0.15, -0.1) is 0 Å². The van der Waals surface area contributed by atoms with Gasteiger partial charge in [0.15, 0.2) is 0 Å². The number of alkyl halides is 1. The highest BCUT2D eigenvalue weighted by Gasteiger charge is 2.33. The highest BCUT2D eigenvalue weighted by atomic mass is 19.1. The van der Waals surface area contributed by atoms with Crippen molar-refractivity contribution in [3.8, 4) is 0 Å². The molecule has 3 nitrogen and oxygen atoms in total. The quantitative estimate of drug-likeness (QED) is 0.653. The fourth-order valence-corrected chi connectivity index (χ4v) is 2.11. The van der Waals surface area contributed by atoms with Crippen LogP contribution in [0.1, 0.15) is 33.6 Å². The molecule has 0 amide bonds. The van der Waals surface area contributed by atoms with Crippen LogP contribution in [-0.4, -0.2) is 48.7 Å². The smallest absolute Gasteiger partial charge is 0.132 e. The summed E-state index contributed by atoms with van der Waals surface area (Å²) in [5, 5.41) is 0. The summed E-state index contributed by atoms with van der Waals surface area (Å²) in [6, 6.07) is 0.518. The lowest BCUT2D eigenvalue weighted by atomic mass is 10.2. The van der Waals surface area contributed by atoms with E-state index in [0.29, 0.717) is 38.6 Å². The Morgan fingerprint density at radius 1 is 1.56 bits per heavy atom. The standard InChI is InChI=1S/C12H22FNO2/c1-9(2)14-7-11(13)6-12(14)8-16-5-4-10(3)15/h9,11-12H,4-8H2,1-3H3/t11-,12+/m1/s1. The third-order valence-electron chi connectivity index (χ3n) is 2.98. The molecule has 0 aromatic heterocycles. The lowest BCUT2D eigenvalue weighted by Crippen LogP contribution is -2.38. The molecule has 0 aromatic rings. The number of likely N-dealkylation sites (tertiary alicyclic amines) is 1. The van der Waals surface area contributed by atoms with Crippen LogP contribution in [0.2, 0.25) is 0 Å². The van der Waals surface area contributed by atoms with Crippen molar-refractivity contribution >= 4 is 5.78 Å². The number of Topliss-reactive ketones (excluding diaryl/α,β-unsaturated/α-hetero) is 1. The van der Waals surface area contributed by atoms with Crippen molar-refractivity contribution in [2.24, 2.45) is 0 Å². The number of hydrogen-bond acceptors (Lipinski definition) is 3. The third kappa shape index (κ3) is 4.18. The number of carbonyl (C=O) groups is 1. The number of hydrogen-bond donors (Lipinski definition) is 0. The summed E-state index contributed by atoms with van der Waals surface area (Å²) in [6.07, 6.45) is 0.273. The van der Waals surface area contributed by atoms with Crippen LogP contribution in [0, 0.1) is 0 Å². The highest BCUT2D eigenvalue weighted by molar-refractivity contribution is 5.75. The van der Waals surface area contributed by atoms with Crippen LogP contribution >= 0.6 is 0 Å². The lowest BCUT2D eigenvalue weighted by Gasteiger charge is -2.27. The lowest BCUT2D eigenvalue weighted by molar-refractivity contribution is -0.118. The average Bonchev–Trinajstić information content (AvgIpc) is 2.54. The van der Waals surface area contributed by atoms with Gasteiger partial charge in [0.05, 0.1) is 13.2 Å². The molecule has 1 aliphatic heterocycles. The maximum absolute atomic E-state index is 13.3. The molecule has 0 bridgehead atoms. The van der Waals surface area contributed by atoms with Crippen molar-refractivity contribution in [3.63, 3.8) is 0 Å². The Labute approximate surface area is 96.9 Å². The number of carbonyl (C=O) groups excluding carboxylic acids is 1. The van der Waals surface area contributed by atoms with E-state index in [-0.39, 0.29) is 11.8 Å². The molecule has 0 N–H and O–H groups in total. The summed E-state index contributed by atoms with van der Waals surface area (Å²) in [4.78, 5) is 12.9. The first-order valence-corrected chi connectivity index (χ1v) is 5.97. The van der Waals surface area contributed by atoms with Crippen molar-refractivity contribution < 1.29 is 13.9 Å². The summed E-state index contributed by atoms with van der Waals surface area (Å²) >= 11 is 0. The van der Waals surface area contributed by atoms with E-state index >= 15 is 0 Å². The van der Waals surface area contributed by atoms with Gasteiger partial charge in [0, 0.05) is 25.0 Å². The second-order valence-electron chi connectivity index (χ2n) is 4.80. The molecule has 1 heterocycles. The van der Waals surface area contributed by atoms with Gasteiger partial charge < -0.3 is 4.74 Å². The molecule has 0 unspecified atom stereocenters. The van der Waals surface area contributed by atoms with Gasteiger partial charge in [0.25, 0.3) is 0 Å². The molecule has 4 heteroatoms. The molecule has 1 aliphatic rings. The maximum atomic E-state index is 13.3. The van der Waals surface area contributed by atoms with Gasteiger partial charge in [-0.3, -0.25) is 9.69 Å². The monoisotopic (exact) mass is 231 g/mol. The predicted molar refractivity (Wildman–Crippen MR) is 61.3 cm³/mol. The van der Waals surface area contributed by atoms with Crippen LogP contribution in [0.5, 0.6) is 0 Å². The molecule has 0 spiro atoms. The topological polar surface area (TPSA) is 29.5 Å². The maximum Gasteiger partial charge on any atom is 0.132 e. The fraction of sp³-hybridized carbons (Fsp3) is 0.917. The first-order valence-electron chi connectivity index (χ1n) is 5.97. The van der Waals surface area contributed by atoms with Crippen molar-refractivity contribution in [2.75, 3.05) is 19.8 Å². The van der Waals surface area contributed by atoms with E-state index in [2.05, 4.69) is 18.7 Å². The van der Waals surface area contributed by atoms with Gasteiger partial charge in [0.2, 0.25) is 0 Å². The normalized spacial score (nSPS) is 26.6. The second-order valence-corrected chi connectivity index (χ2v) is 4.80. The molecule has 1 saturated heterocycles. The van der Waals surface area contributed by atoms with E-state index in [9.17, 15) is 9.18 Å². The minimum absolute atomic E-state index is 0.135. The van der Waals surface area contributed by atoms with Gasteiger partial charge in [-0.2, -0.15) is 0 Å². The molecular formula is C12H22FNO2. The summed E-state index contributed by atoms with van der Waals surface area (Å²) in [7, 11) is 0. The van der Waals surface area contributed by atoms with Gasteiger partial charge >= 0.3 is 0 Å². The van der Waals surface area contributed by atoms with Gasteiger partial charge in [-0.25, -0.2) is 4.39 Å². The SMILES string of the molecule is CC(=O)CCOC[C@@H]1C[C@@H](F)CN1C(C)C. The number of rotatable bonds is 6. The van der Waals surface area contributed by atoms with E-state index in [1.165, 1.54) is 0 Å². The number of ether oxygens (including phenoxy) is 1.